The fourth-order valence-corrected chi connectivity index (χ4v) is 1.81. The zero-order valence-electron chi connectivity index (χ0n) is 9.53. The molecule has 3 atom stereocenters. The first-order valence-corrected chi connectivity index (χ1v) is 5.61. The molecule has 0 amide bonds. The van der Waals surface area contributed by atoms with Crippen LogP contribution in [0.1, 0.15) is 39.5 Å². The third kappa shape index (κ3) is 3.18. The molecule has 0 heterocycles. The molecule has 1 saturated carbocycles. The van der Waals surface area contributed by atoms with Crippen molar-refractivity contribution >= 4 is 5.97 Å². The van der Waals surface area contributed by atoms with Crippen LogP contribution in [0.2, 0.25) is 0 Å². The first-order valence-electron chi connectivity index (χ1n) is 5.61. The predicted molar refractivity (Wildman–Crippen MR) is 57.2 cm³/mol. The second kappa shape index (κ2) is 4.94. The predicted octanol–water partition coefficient (Wildman–Crippen LogP) is 0.818. The van der Waals surface area contributed by atoms with Crippen molar-refractivity contribution in [3.8, 4) is 0 Å². The van der Waals surface area contributed by atoms with Gasteiger partial charge in [-0.2, -0.15) is 0 Å². The van der Waals surface area contributed by atoms with E-state index in [4.69, 9.17) is 10.5 Å². The van der Waals surface area contributed by atoms with E-state index in [9.17, 15) is 9.90 Å². The van der Waals surface area contributed by atoms with Crippen LogP contribution in [0.3, 0.4) is 0 Å². The van der Waals surface area contributed by atoms with Gasteiger partial charge in [0.25, 0.3) is 0 Å². The molecule has 1 rings (SSSR count). The van der Waals surface area contributed by atoms with Gasteiger partial charge in [0, 0.05) is 6.54 Å². The van der Waals surface area contributed by atoms with E-state index >= 15 is 0 Å². The number of esters is 1. The lowest BCUT2D eigenvalue weighted by Gasteiger charge is -2.31. The Labute approximate surface area is 90.8 Å². The quantitative estimate of drug-likeness (QED) is 0.684. The average Bonchev–Trinajstić information content (AvgIpc) is 2.21. The smallest absolute Gasteiger partial charge is 0.339 e. The van der Waals surface area contributed by atoms with E-state index in [1.54, 1.807) is 0 Å². The minimum absolute atomic E-state index is 0.0516. The lowest BCUT2D eigenvalue weighted by atomic mass is 9.88. The van der Waals surface area contributed by atoms with Crippen LogP contribution in [0.5, 0.6) is 0 Å². The van der Waals surface area contributed by atoms with E-state index in [1.165, 1.54) is 13.3 Å². The summed E-state index contributed by atoms with van der Waals surface area (Å²) < 4.78 is 5.29. The van der Waals surface area contributed by atoms with E-state index in [1.807, 2.05) is 0 Å². The highest BCUT2D eigenvalue weighted by Crippen LogP contribution is 2.27. The number of aliphatic hydroxyl groups is 1. The van der Waals surface area contributed by atoms with Crippen molar-refractivity contribution in [3.05, 3.63) is 0 Å². The number of carbonyl (C=O) groups is 1. The van der Waals surface area contributed by atoms with Gasteiger partial charge in [-0.25, -0.2) is 4.79 Å². The topological polar surface area (TPSA) is 72.5 Å². The summed E-state index contributed by atoms with van der Waals surface area (Å²) in [5.74, 6) is -0.208. The van der Waals surface area contributed by atoms with Crippen LogP contribution in [0.4, 0.5) is 0 Å². The van der Waals surface area contributed by atoms with Crippen molar-refractivity contribution in [2.75, 3.05) is 6.54 Å². The van der Waals surface area contributed by atoms with Gasteiger partial charge in [-0.15, -0.1) is 0 Å². The van der Waals surface area contributed by atoms with Gasteiger partial charge in [0.1, 0.15) is 6.10 Å². The number of carbonyl (C=O) groups excluding carboxylic acids is 1. The van der Waals surface area contributed by atoms with Crippen molar-refractivity contribution in [1.82, 2.24) is 0 Å². The van der Waals surface area contributed by atoms with Crippen LogP contribution in [0.25, 0.3) is 0 Å². The van der Waals surface area contributed by atoms with E-state index in [0.29, 0.717) is 5.92 Å². The van der Waals surface area contributed by atoms with Gasteiger partial charge in [-0.3, -0.25) is 0 Å². The van der Waals surface area contributed by atoms with Crippen LogP contribution in [0.15, 0.2) is 0 Å². The Hall–Kier alpha value is -0.610. The van der Waals surface area contributed by atoms with Gasteiger partial charge in [0.15, 0.2) is 5.60 Å². The highest BCUT2D eigenvalue weighted by molar-refractivity contribution is 5.79. The second-order valence-electron chi connectivity index (χ2n) is 4.68. The van der Waals surface area contributed by atoms with Gasteiger partial charge in [0.2, 0.25) is 0 Å². The molecule has 3 N–H and O–H groups in total. The maximum atomic E-state index is 11.6. The van der Waals surface area contributed by atoms with Gasteiger partial charge >= 0.3 is 5.97 Å². The minimum Gasteiger partial charge on any atom is -0.460 e. The van der Waals surface area contributed by atoms with Gasteiger partial charge in [-0.1, -0.05) is 13.3 Å². The van der Waals surface area contributed by atoms with Crippen molar-refractivity contribution in [3.63, 3.8) is 0 Å². The molecule has 1 aliphatic rings. The molecule has 0 aromatic heterocycles. The first-order chi connectivity index (χ1) is 6.97. The van der Waals surface area contributed by atoms with Crippen molar-refractivity contribution in [1.29, 1.82) is 0 Å². The van der Waals surface area contributed by atoms with E-state index < -0.39 is 11.6 Å². The zero-order chi connectivity index (χ0) is 11.5. The molecule has 0 bridgehead atoms. The summed E-state index contributed by atoms with van der Waals surface area (Å²) in [6.45, 7) is 3.37. The van der Waals surface area contributed by atoms with Crippen molar-refractivity contribution in [2.24, 2.45) is 11.7 Å². The summed E-state index contributed by atoms with van der Waals surface area (Å²) in [6.07, 6.45) is 4.22. The highest BCUT2D eigenvalue weighted by Gasteiger charge is 2.34. The Balaban J connectivity index is 2.50. The Bertz CT molecular complexity index is 228. The lowest BCUT2D eigenvalue weighted by molar-refractivity contribution is -0.172. The Kier molecular flexibility index (Phi) is 4.11. The summed E-state index contributed by atoms with van der Waals surface area (Å²) in [5.41, 5.74) is 3.75. The Morgan fingerprint density at radius 2 is 2.13 bits per heavy atom. The maximum Gasteiger partial charge on any atom is 0.339 e. The molecule has 4 heteroatoms. The monoisotopic (exact) mass is 215 g/mol. The molecule has 4 nitrogen and oxygen atoms in total. The summed E-state index contributed by atoms with van der Waals surface area (Å²) in [4.78, 5) is 11.6. The second-order valence-corrected chi connectivity index (χ2v) is 4.68. The molecule has 0 spiro atoms. The zero-order valence-corrected chi connectivity index (χ0v) is 9.53. The van der Waals surface area contributed by atoms with E-state index in [-0.39, 0.29) is 12.6 Å². The third-order valence-electron chi connectivity index (χ3n) is 3.13. The molecule has 0 aromatic carbocycles. The van der Waals surface area contributed by atoms with E-state index in [0.717, 1.165) is 19.3 Å². The molecular formula is C11H21NO3. The van der Waals surface area contributed by atoms with Crippen LogP contribution in [-0.4, -0.2) is 29.3 Å². The molecule has 1 fully saturated rings. The number of nitrogens with two attached hydrogens (primary N) is 1. The van der Waals surface area contributed by atoms with Crippen LogP contribution in [-0.2, 0) is 9.53 Å². The number of hydrogen-bond donors (Lipinski definition) is 2. The normalized spacial score (nSPS) is 30.7. The largest absolute Gasteiger partial charge is 0.460 e. The first kappa shape index (κ1) is 12.5. The lowest BCUT2D eigenvalue weighted by Crippen LogP contribution is -2.46. The summed E-state index contributed by atoms with van der Waals surface area (Å²) in [7, 11) is 0. The Morgan fingerprint density at radius 1 is 1.53 bits per heavy atom. The number of ether oxygens (including phenoxy) is 1. The summed E-state index contributed by atoms with van der Waals surface area (Å²) in [5, 5.41) is 9.61. The fourth-order valence-electron chi connectivity index (χ4n) is 1.81. The standard InChI is InChI=1S/C11H21NO3/c1-8-5-3-4-6-9(8)15-10(13)11(2,14)7-12/h8-9,14H,3-7,12H2,1-2H3. The Morgan fingerprint density at radius 3 is 2.67 bits per heavy atom. The van der Waals surface area contributed by atoms with Crippen molar-refractivity contribution < 1.29 is 14.6 Å². The molecule has 0 aromatic rings. The van der Waals surface area contributed by atoms with Gasteiger partial charge < -0.3 is 15.6 Å². The molecule has 15 heavy (non-hydrogen) atoms. The summed E-state index contributed by atoms with van der Waals surface area (Å²) in [6, 6.07) is 0. The van der Waals surface area contributed by atoms with Gasteiger partial charge in [-0.05, 0) is 32.1 Å². The van der Waals surface area contributed by atoms with Gasteiger partial charge in [0.05, 0.1) is 0 Å². The van der Waals surface area contributed by atoms with E-state index in [2.05, 4.69) is 6.92 Å². The third-order valence-corrected chi connectivity index (χ3v) is 3.13. The maximum absolute atomic E-state index is 11.6. The van der Waals surface area contributed by atoms with Crippen LogP contribution >= 0.6 is 0 Å². The SMILES string of the molecule is CC1CCCCC1OC(=O)C(C)(O)CN. The van der Waals surface area contributed by atoms with Crippen LogP contribution < -0.4 is 5.73 Å². The molecule has 0 saturated heterocycles. The van der Waals surface area contributed by atoms with Crippen LogP contribution in [0, 0.1) is 5.92 Å². The molecular weight excluding hydrogens is 194 g/mol. The average molecular weight is 215 g/mol. The number of rotatable bonds is 3. The molecule has 0 radical (unpaired) electrons. The molecule has 88 valence electrons. The summed E-state index contributed by atoms with van der Waals surface area (Å²) >= 11 is 0. The minimum atomic E-state index is -1.54. The van der Waals surface area contributed by atoms with Crippen molar-refractivity contribution in [2.45, 2.75) is 51.2 Å². The molecule has 1 aliphatic carbocycles. The number of hydrogen-bond acceptors (Lipinski definition) is 4. The fraction of sp³-hybridized carbons (Fsp3) is 0.909. The molecule has 0 aliphatic heterocycles. The molecule has 3 unspecified atom stereocenters. The highest BCUT2D eigenvalue weighted by atomic mass is 16.6.